The summed E-state index contributed by atoms with van der Waals surface area (Å²) in [4.78, 5) is 26.2. The predicted molar refractivity (Wildman–Crippen MR) is 101 cm³/mol. The molecule has 0 spiro atoms. The molecular formula is C19H25N3O2S. The quantitative estimate of drug-likeness (QED) is 0.640. The van der Waals surface area contributed by atoms with Gasteiger partial charge in [-0.2, -0.15) is 11.3 Å². The molecule has 2 amide bonds. The maximum absolute atomic E-state index is 12.5. The van der Waals surface area contributed by atoms with Crippen LogP contribution in [0.15, 0.2) is 47.2 Å². The van der Waals surface area contributed by atoms with E-state index in [0.717, 1.165) is 12.0 Å². The number of nitrogens with two attached hydrogens (primary N) is 1. The summed E-state index contributed by atoms with van der Waals surface area (Å²) in [6.45, 7) is 2.32. The van der Waals surface area contributed by atoms with Crippen LogP contribution >= 0.6 is 11.3 Å². The standard InChI is InChI=1S/C19H25N3O2S/c20-10-5-12-22(14-16-6-2-1-3-7-16)18(23)8-4-11-21-19(24)17-9-13-25-15-17/h1-3,6-7,9,13,15H,4-5,8,10-12,14,20H2,(H,21,24). The van der Waals surface area contributed by atoms with Crippen LogP contribution in [-0.2, 0) is 11.3 Å². The van der Waals surface area contributed by atoms with Crippen LogP contribution in [0, 0.1) is 0 Å². The molecule has 6 heteroatoms. The number of carbonyl (C=O) groups excluding carboxylic acids is 2. The molecule has 1 heterocycles. The molecule has 3 N–H and O–H groups in total. The molecule has 0 saturated heterocycles. The number of thiophene rings is 1. The number of nitrogens with one attached hydrogen (secondary N) is 1. The van der Waals surface area contributed by atoms with Crippen molar-refractivity contribution < 1.29 is 9.59 Å². The Morgan fingerprint density at radius 3 is 2.60 bits per heavy atom. The molecule has 0 bridgehead atoms. The summed E-state index contributed by atoms with van der Waals surface area (Å²) in [5.74, 6) is 0.0139. The first-order valence-corrected chi connectivity index (χ1v) is 9.47. The van der Waals surface area contributed by atoms with Crippen LogP contribution in [0.5, 0.6) is 0 Å². The molecule has 0 aliphatic rings. The predicted octanol–water partition coefficient (Wildman–Crippen LogP) is 2.64. The van der Waals surface area contributed by atoms with Gasteiger partial charge >= 0.3 is 0 Å². The van der Waals surface area contributed by atoms with Crippen molar-refractivity contribution in [2.24, 2.45) is 5.73 Å². The number of nitrogens with zero attached hydrogens (tertiary/aromatic N) is 1. The average Bonchev–Trinajstić information content (AvgIpc) is 3.17. The van der Waals surface area contributed by atoms with Crippen molar-refractivity contribution in [2.75, 3.05) is 19.6 Å². The number of hydrogen-bond acceptors (Lipinski definition) is 4. The Balaban J connectivity index is 1.77. The zero-order valence-corrected chi connectivity index (χ0v) is 15.1. The van der Waals surface area contributed by atoms with Crippen LogP contribution in [-0.4, -0.2) is 36.3 Å². The lowest BCUT2D eigenvalue weighted by Gasteiger charge is -2.23. The lowest BCUT2D eigenvalue weighted by molar-refractivity contribution is -0.132. The SMILES string of the molecule is NCCCN(Cc1ccccc1)C(=O)CCCNC(=O)c1ccsc1. The molecule has 2 rings (SSSR count). The maximum atomic E-state index is 12.5. The molecular weight excluding hydrogens is 334 g/mol. The molecule has 2 aromatic rings. The molecule has 0 fully saturated rings. The van der Waals surface area contributed by atoms with Gasteiger partial charge in [-0.3, -0.25) is 9.59 Å². The normalized spacial score (nSPS) is 10.4. The fourth-order valence-corrected chi connectivity index (χ4v) is 3.11. The number of amides is 2. The zero-order valence-electron chi connectivity index (χ0n) is 14.3. The summed E-state index contributed by atoms with van der Waals surface area (Å²) < 4.78 is 0. The van der Waals surface area contributed by atoms with Crippen molar-refractivity contribution in [2.45, 2.75) is 25.8 Å². The molecule has 134 valence electrons. The molecule has 0 saturated carbocycles. The fourth-order valence-electron chi connectivity index (χ4n) is 2.47. The van der Waals surface area contributed by atoms with Gasteiger partial charge in [0.15, 0.2) is 0 Å². The topological polar surface area (TPSA) is 75.4 Å². The van der Waals surface area contributed by atoms with E-state index in [9.17, 15) is 9.59 Å². The molecule has 0 radical (unpaired) electrons. The number of carbonyl (C=O) groups is 2. The van der Waals surface area contributed by atoms with E-state index in [1.54, 1.807) is 6.07 Å². The third-order valence-corrected chi connectivity index (χ3v) is 4.52. The van der Waals surface area contributed by atoms with E-state index in [4.69, 9.17) is 5.73 Å². The fraction of sp³-hybridized carbons (Fsp3) is 0.368. The van der Waals surface area contributed by atoms with E-state index >= 15 is 0 Å². The number of rotatable bonds is 10. The van der Waals surface area contributed by atoms with Gasteiger partial charge < -0.3 is 16.0 Å². The number of hydrogen-bond donors (Lipinski definition) is 2. The van der Waals surface area contributed by atoms with Crippen molar-refractivity contribution in [3.63, 3.8) is 0 Å². The molecule has 0 atom stereocenters. The van der Waals surface area contributed by atoms with Crippen molar-refractivity contribution >= 4 is 23.2 Å². The Morgan fingerprint density at radius 1 is 1.12 bits per heavy atom. The van der Waals surface area contributed by atoms with E-state index in [-0.39, 0.29) is 11.8 Å². The lowest BCUT2D eigenvalue weighted by Crippen LogP contribution is -2.33. The van der Waals surface area contributed by atoms with E-state index in [0.29, 0.717) is 44.6 Å². The van der Waals surface area contributed by atoms with E-state index in [1.165, 1.54) is 11.3 Å². The van der Waals surface area contributed by atoms with Crippen molar-refractivity contribution in [1.82, 2.24) is 10.2 Å². The van der Waals surface area contributed by atoms with Crippen molar-refractivity contribution in [3.8, 4) is 0 Å². The second kappa shape index (κ2) is 10.6. The smallest absolute Gasteiger partial charge is 0.252 e. The van der Waals surface area contributed by atoms with Gasteiger partial charge in [0.2, 0.25) is 5.91 Å². The lowest BCUT2D eigenvalue weighted by atomic mass is 10.2. The Labute approximate surface area is 152 Å². The van der Waals surface area contributed by atoms with Crippen LogP contribution in [0.1, 0.15) is 35.2 Å². The zero-order chi connectivity index (χ0) is 17.9. The monoisotopic (exact) mass is 359 g/mol. The third kappa shape index (κ3) is 6.68. The van der Waals surface area contributed by atoms with Crippen LogP contribution in [0.2, 0.25) is 0 Å². The van der Waals surface area contributed by atoms with Gasteiger partial charge in [0.05, 0.1) is 0 Å². The second-order valence-corrected chi connectivity index (χ2v) is 6.59. The van der Waals surface area contributed by atoms with Crippen molar-refractivity contribution in [3.05, 3.63) is 58.3 Å². The minimum Gasteiger partial charge on any atom is -0.352 e. The van der Waals surface area contributed by atoms with E-state index in [1.807, 2.05) is 46.0 Å². The molecule has 5 nitrogen and oxygen atoms in total. The van der Waals surface area contributed by atoms with Crippen LogP contribution in [0.4, 0.5) is 0 Å². The summed E-state index contributed by atoms with van der Waals surface area (Å²) in [7, 11) is 0. The second-order valence-electron chi connectivity index (χ2n) is 5.81. The van der Waals surface area contributed by atoms with E-state index < -0.39 is 0 Å². The van der Waals surface area contributed by atoms with Gasteiger partial charge in [0.1, 0.15) is 0 Å². The van der Waals surface area contributed by atoms with Crippen LogP contribution in [0.3, 0.4) is 0 Å². The number of benzene rings is 1. The first kappa shape index (κ1) is 19.1. The highest BCUT2D eigenvalue weighted by Gasteiger charge is 2.13. The molecule has 0 aliphatic heterocycles. The van der Waals surface area contributed by atoms with Gasteiger partial charge in [-0.05, 0) is 36.4 Å². The van der Waals surface area contributed by atoms with Gasteiger partial charge in [-0.25, -0.2) is 0 Å². The first-order valence-electron chi connectivity index (χ1n) is 8.53. The van der Waals surface area contributed by atoms with Gasteiger partial charge in [-0.1, -0.05) is 30.3 Å². The van der Waals surface area contributed by atoms with Crippen LogP contribution < -0.4 is 11.1 Å². The maximum Gasteiger partial charge on any atom is 0.252 e. The van der Waals surface area contributed by atoms with Gasteiger partial charge in [-0.15, -0.1) is 0 Å². The summed E-state index contributed by atoms with van der Waals surface area (Å²) in [6.07, 6.45) is 1.83. The third-order valence-electron chi connectivity index (χ3n) is 3.84. The Morgan fingerprint density at radius 2 is 1.92 bits per heavy atom. The van der Waals surface area contributed by atoms with Crippen molar-refractivity contribution in [1.29, 1.82) is 0 Å². The highest BCUT2D eigenvalue weighted by Crippen LogP contribution is 2.08. The summed E-state index contributed by atoms with van der Waals surface area (Å²) in [5.41, 5.74) is 7.37. The molecule has 0 unspecified atom stereocenters. The highest BCUT2D eigenvalue weighted by molar-refractivity contribution is 7.08. The highest BCUT2D eigenvalue weighted by atomic mass is 32.1. The van der Waals surface area contributed by atoms with Crippen LogP contribution in [0.25, 0.3) is 0 Å². The minimum atomic E-state index is -0.0852. The first-order chi connectivity index (χ1) is 12.2. The summed E-state index contributed by atoms with van der Waals surface area (Å²) in [5, 5.41) is 6.54. The van der Waals surface area contributed by atoms with Gasteiger partial charge in [0, 0.05) is 37.0 Å². The molecule has 1 aromatic heterocycles. The summed E-state index contributed by atoms with van der Waals surface area (Å²) >= 11 is 1.49. The molecule has 0 aliphatic carbocycles. The average molecular weight is 359 g/mol. The largest absolute Gasteiger partial charge is 0.352 e. The Bertz CT molecular complexity index is 644. The van der Waals surface area contributed by atoms with E-state index in [2.05, 4.69) is 5.32 Å². The molecule has 1 aromatic carbocycles. The minimum absolute atomic E-state index is 0.0852. The van der Waals surface area contributed by atoms with Gasteiger partial charge in [0.25, 0.3) is 5.91 Å². The Kier molecular flexibility index (Phi) is 8.15. The Hall–Kier alpha value is -2.18. The molecule has 25 heavy (non-hydrogen) atoms. The summed E-state index contributed by atoms with van der Waals surface area (Å²) in [6, 6.07) is 11.7.